The molecular formula is C16H25NOSi. The molecule has 1 heterocycles. The fourth-order valence-corrected chi connectivity index (χ4v) is 3.68. The molecule has 0 fully saturated rings. The van der Waals surface area contributed by atoms with Crippen molar-refractivity contribution in [3.63, 3.8) is 0 Å². The number of hydrogen-bond acceptors (Lipinski definition) is 2. The van der Waals surface area contributed by atoms with Gasteiger partial charge < -0.3 is 5.11 Å². The number of aliphatic hydroxyl groups is 1. The van der Waals surface area contributed by atoms with Crippen molar-refractivity contribution in [2.75, 3.05) is 0 Å². The largest absolute Gasteiger partial charge is 0.508 e. The Balaban J connectivity index is 3.30. The number of rotatable bonds is 5. The number of allylic oxidation sites excluding steroid dienone is 1. The molecule has 0 atom stereocenters. The van der Waals surface area contributed by atoms with E-state index in [1.165, 1.54) is 10.8 Å². The van der Waals surface area contributed by atoms with Gasteiger partial charge in [0.15, 0.2) is 0 Å². The van der Waals surface area contributed by atoms with Gasteiger partial charge >= 0.3 is 0 Å². The molecule has 0 aliphatic heterocycles. The summed E-state index contributed by atoms with van der Waals surface area (Å²) in [5.41, 5.74) is 2.57. The fraction of sp³-hybridized carbons (Fsp3) is 0.438. The predicted octanol–water partition coefficient (Wildman–Crippen LogP) is 3.91. The molecule has 0 spiro atoms. The summed E-state index contributed by atoms with van der Waals surface area (Å²) in [6, 6.07) is 2.07. The molecule has 0 saturated heterocycles. The lowest BCUT2D eigenvalue weighted by Crippen LogP contribution is -2.41. The third-order valence-electron chi connectivity index (χ3n) is 3.08. The Morgan fingerprint density at radius 3 is 2.32 bits per heavy atom. The maximum Gasteiger partial charge on any atom is 0.117 e. The number of aromatic nitrogens is 1. The molecule has 104 valence electrons. The van der Waals surface area contributed by atoms with Gasteiger partial charge in [-0.2, -0.15) is 0 Å². The molecule has 1 aromatic heterocycles. The van der Waals surface area contributed by atoms with E-state index in [2.05, 4.69) is 57.7 Å². The van der Waals surface area contributed by atoms with Crippen LogP contribution >= 0.6 is 0 Å². The van der Waals surface area contributed by atoms with E-state index in [9.17, 15) is 5.11 Å². The second kappa shape index (κ2) is 5.74. The first kappa shape index (κ1) is 15.7. The van der Waals surface area contributed by atoms with Crippen LogP contribution in [-0.4, -0.2) is 18.2 Å². The molecule has 19 heavy (non-hydrogen) atoms. The maximum atomic E-state index is 9.45. The van der Waals surface area contributed by atoms with Gasteiger partial charge in [0.2, 0.25) is 0 Å². The third kappa shape index (κ3) is 4.06. The van der Waals surface area contributed by atoms with Crippen molar-refractivity contribution in [3.05, 3.63) is 42.4 Å². The van der Waals surface area contributed by atoms with Crippen LogP contribution < -0.4 is 5.19 Å². The van der Waals surface area contributed by atoms with E-state index >= 15 is 0 Å². The van der Waals surface area contributed by atoms with Gasteiger partial charge in [-0.1, -0.05) is 46.6 Å². The normalized spacial score (nSPS) is 11.7. The van der Waals surface area contributed by atoms with Gasteiger partial charge in [-0.05, 0) is 29.2 Å². The highest BCUT2D eigenvalue weighted by Crippen LogP contribution is 2.19. The van der Waals surface area contributed by atoms with Gasteiger partial charge in [-0.3, -0.25) is 4.98 Å². The van der Waals surface area contributed by atoms with E-state index < -0.39 is 8.07 Å². The molecule has 0 amide bonds. The molecule has 0 bridgehead atoms. The highest BCUT2D eigenvalue weighted by molar-refractivity contribution is 6.89. The van der Waals surface area contributed by atoms with Crippen LogP contribution in [0.3, 0.4) is 0 Å². The van der Waals surface area contributed by atoms with Gasteiger partial charge in [0.1, 0.15) is 5.76 Å². The van der Waals surface area contributed by atoms with Crippen LogP contribution in [0.5, 0.6) is 0 Å². The lowest BCUT2D eigenvalue weighted by Gasteiger charge is -2.22. The maximum absolute atomic E-state index is 9.45. The van der Waals surface area contributed by atoms with Crippen molar-refractivity contribution in [2.45, 2.75) is 39.9 Å². The second-order valence-corrected chi connectivity index (χ2v) is 11.5. The molecule has 1 aromatic rings. The van der Waals surface area contributed by atoms with E-state index in [1.807, 2.05) is 6.20 Å². The van der Waals surface area contributed by atoms with E-state index in [-0.39, 0.29) is 5.76 Å². The van der Waals surface area contributed by atoms with E-state index in [0.717, 1.165) is 12.1 Å². The number of hydrogen-bond donors (Lipinski definition) is 1. The summed E-state index contributed by atoms with van der Waals surface area (Å²) >= 11 is 0. The molecule has 0 unspecified atom stereocenters. The zero-order chi connectivity index (χ0) is 14.8. The zero-order valence-electron chi connectivity index (χ0n) is 12.7. The van der Waals surface area contributed by atoms with E-state index in [4.69, 9.17) is 0 Å². The second-order valence-electron chi connectivity index (χ2n) is 6.50. The van der Waals surface area contributed by atoms with E-state index in [1.54, 1.807) is 0 Å². The molecule has 0 aliphatic rings. The van der Waals surface area contributed by atoms with Gasteiger partial charge in [-0.15, -0.1) is 0 Å². The molecule has 0 saturated carbocycles. The van der Waals surface area contributed by atoms with Crippen molar-refractivity contribution in [3.8, 4) is 0 Å². The molecule has 0 aromatic carbocycles. The smallest absolute Gasteiger partial charge is 0.117 e. The van der Waals surface area contributed by atoms with Crippen molar-refractivity contribution in [1.82, 2.24) is 4.98 Å². The summed E-state index contributed by atoms with van der Waals surface area (Å²) in [7, 11) is -1.41. The standard InChI is InChI=1S/C16H25NOSi/c1-11(2)8-14-9-15(12(3)13(4)18)17-10-16(14)19(5,6)7/h9-11,18H,3-4,8H2,1-2,5-7H3. The minimum absolute atomic E-state index is 0.0104. The van der Waals surface area contributed by atoms with Crippen LogP contribution in [0.25, 0.3) is 5.57 Å². The molecule has 0 aliphatic carbocycles. The van der Waals surface area contributed by atoms with Gasteiger partial charge in [0, 0.05) is 11.8 Å². The third-order valence-corrected chi connectivity index (χ3v) is 5.15. The average molecular weight is 275 g/mol. The first-order chi connectivity index (χ1) is 8.62. The van der Waals surface area contributed by atoms with Gasteiger partial charge in [-0.25, -0.2) is 0 Å². The Morgan fingerprint density at radius 1 is 1.32 bits per heavy atom. The Hall–Kier alpha value is -1.35. The first-order valence-electron chi connectivity index (χ1n) is 6.70. The Kier molecular flexibility index (Phi) is 4.74. The fourth-order valence-electron chi connectivity index (χ4n) is 2.09. The summed E-state index contributed by atoms with van der Waals surface area (Å²) in [6.45, 7) is 18.8. The minimum atomic E-state index is -1.41. The minimum Gasteiger partial charge on any atom is -0.508 e. The summed E-state index contributed by atoms with van der Waals surface area (Å²) in [4.78, 5) is 4.45. The number of nitrogens with zero attached hydrogens (tertiary/aromatic N) is 1. The molecule has 0 radical (unpaired) electrons. The van der Waals surface area contributed by atoms with Crippen molar-refractivity contribution >= 4 is 18.8 Å². The van der Waals surface area contributed by atoms with Crippen LogP contribution in [0.4, 0.5) is 0 Å². The lowest BCUT2D eigenvalue weighted by atomic mass is 10.0. The van der Waals surface area contributed by atoms with Crippen LogP contribution in [-0.2, 0) is 6.42 Å². The molecule has 3 heteroatoms. The van der Waals surface area contributed by atoms with Gasteiger partial charge in [0.05, 0.1) is 13.8 Å². The Bertz CT molecular complexity index is 498. The lowest BCUT2D eigenvalue weighted by molar-refractivity contribution is 0.440. The molecule has 1 N–H and O–H groups in total. The van der Waals surface area contributed by atoms with Crippen molar-refractivity contribution in [1.29, 1.82) is 0 Å². The Labute approximate surface area is 117 Å². The van der Waals surface area contributed by atoms with Crippen LogP contribution in [0.15, 0.2) is 31.2 Å². The monoisotopic (exact) mass is 275 g/mol. The number of pyridine rings is 1. The van der Waals surface area contributed by atoms with Crippen LogP contribution in [0.2, 0.25) is 19.6 Å². The van der Waals surface area contributed by atoms with Crippen molar-refractivity contribution in [2.24, 2.45) is 5.92 Å². The molecule has 2 nitrogen and oxygen atoms in total. The highest BCUT2D eigenvalue weighted by atomic mass is 28.3. The quantitative estimate of drug-likeness (QED) is 0.502. The summed E-state index contributed by atoms with van der Waals surface area (Å²) in [5, 5.41) is 10.8. The Morgan fingerprint density at radius 2 is 1.89 bits per heavy atom. The summed E-state index contributed by atoms with van der Waals surface area (Å²) in [5.74, 6) is 0.583. The van der Waals surface area contributed by atoms with Gasteiger partial charge in [0.25, 0.3) is 0 Å². The highest BCUT2D eigenvalue weighted by Gasteiger charge is 2.22. The van der Waals surface area contributed by atoms with Crippen LogP contribution in [0, 0.1) is 5.92 Å². The van der Waals surface area contributed by atoms with Crippen molar-refractivity contribution < 1.29 is 5.11 Å². The molecule has 1 rings (SSSR count). The van der Waals surface area contributed by atoms with E-state index in [0.29, 0.717) is 11.5 Å². The summed E-state index contributed by atoms with van der Waals surface area (Å²) in [6.07, 6.45) is 2.99. The topological polar surface area (TPSA) is 33.1 Å². The average Bonchev–Trinajstić information content (AvgIpc) is 2.25. The SMILES string of the molecule is C=C(O)C(=C)c1cc(CC(C)C)c([Si](C)(C)C)cn1. The number of aliphatic hydroxyl groups excluding tert-OH is 1. The summed E-state index contributed by atoms with van der Waals surface area (Å²) < 4.78 is 0. The molecular weight excluding hydrogens is 250 g/mol. The van der Waals surface area contributed by atoms with Crippen LogP contribution in [0.1, 0.15) is 25.1 Å². The predicted molar refractivity (Wildman–Crippen MR) is 86.6 cm³/mol. The zero-order valence-corrected chi connectivity index (χ0v) is 13.7. The first-order valence-corrected chi connectivity index (χ1v) is 10.2.